The van der Waals surface area contributed by atoms with Gasteiger partial charge in [-0.3, -0.25) is 4.79 Å². The van der Waals surface area contributed by atoms with E-state index in [9.17, 15) is 18.4 Å². The quantitative estimate of drug-likeness (QED) is 0.766. The number of carbonyl (C=O) groups excluding carboxylic acids is 2. The van der Waals surface area contributed by atoms with Crippen LogP contribution in [0.3, 0.4) is 0 Å². The molecule has 30 heavy (non-hydrogen) atoms. The van der Waals surface area contributed by atoms with Gasteiger partial charge >= 0.3 is 6.09 Å². The zero-order chi connectivity index (χ0) is 21.2. The van der Waals surface area contributed by atoms with Crippen LogP contribution in [0.5, 0.6) is 5.75 Å². The predicted molar refractivity (Wildman–Crippen MR) is 102 cm³/mol. The van der Waals surface area contributed by atoms with Gasteiger partial charge in [0.05, 0.1) is 12.1 Å². The number of amides is 2. The van der Waals surface area contributed by atoms with Gasteiger partial charge in [-0.05, 0) is 19.1 Å². The minimum absolute atomic E-state index is 0.0887. The van der Waals surface area contributed by atoms with Gasteiger partial charge in [-0.2, -0.15) is 0 Å². The van der Waals surface area contributed by atoms with E-state index < -0.39 is 36.1 Å². The molecule has 1 saturated heterocycles. The zero-order valence-electron chi connectivity index (χ0n) is 16.0. The van der Waals surface area contributed by atoms with Crippen LogP contribution in [0, 0.1) is 0 Å². The second kappa shape index (κ2) is 6.31. The second-order valence-corrected chi connectivity index (χ2v) is 7.65. The van der Waals surface area contributed by atoms with E-state index in [-0.39, 0.29) is 12.2 Å². The molecule has 2 aromatic rings. The first-order valence-electron chi connectivity index (χ1n) is 9.50. The van der Waals surface area contributed by atoms with E-state index in [4.69, 9.17) is 15.2 Å². The molecule has 3 atom stereocenters. The van der Waals surface area contributed by atoms with Crippen LogP contribution < -0.4 is 20.7 Å². The Bertz CT molecular complexity index is 1060. The van der Waals surface area contributed by atoms with E-state index in [0.717, 1.165) is 4.90 Å². The van der Waals surface area contributed by atoms with Crippen LogP contribution in [0.15, 0.2) is 24.4 Å². The third-order valence-electron chi connectivity index (χ3n) is 5.74. The van der Waals surface area contributed by atoms with Gasteiger partial charge in [0, 0.05) is 24.4 Å². The van der Waals surface area contributed by atoms with Crippen LogP contribution in [0.2, 0.25) is 0 Å². The number of anilines is 2. The maximum Gasteiger partial charge on any atom is 0.416 e. The number of hydrogen-bond donors (Lipinski definition) is 2. The highest BCUT2D eigenvalue weighted by molar-refractivity contribution is 5.93. The SMILES string of the molecule is C[C@H](Nc1ccc2c(c1)OCCn1cc(N3C(=O)OC4CC43C(F)F)nc1-2)C(N)=O. The van der Waals surface area contributed by atoms with Crippen LogP contribution in [0.4, 0.5) is 25.1 Å². The van der Waals surface area contributed by atoms with E-state index in [2.05, 4.69) is 10.3 Å². The second-order valence-electron chi connectivity index (χ2n) is 7.65. The number of primary amides is 1. The van der Waals surface area contributed by atoms with E-state index in [0.29, 0.717) is 36.0 Å². The molecule has 1 aliphatic carbocycles. The lowest BCUT2D eigenvalue weighted by Gasteiger charge is -2.22. The summed E-state index contributed by atoms with van der Waals surface area (Å²) in [5.41, 5.74) is 4.94. The van der Waals surface area contributed by atoms with Crippen molar-refractivity contribution in [2.24, 2.45) is 5.73 Å². The molecule has 1 aromatic carbocycles. The highest BCUT2D eigenvalue weighted by atomic mass is 19.3. The number of ether oxygens (including phenoxy) is 2. The normalized spacial score (nSPS) is 24.9. The Morgan fingerprint density at radius 1 is 1.43 bits per heavy atom. The van der Waals surface area contributed by atoms with Gasteiger partial charge in [0.25, 0.3) is 6.43 Å². The molecule has 0 bridgehead atoms. The van der Waals surface area contributed by atoms with Crippen molar-refractivity contribution in [3.63, 3.8) is 0 Å². The van der Waals surface area contributed by atoms with Gasteiger partial charge in [0.15, 0.2) is 11.4 Å². The van der Waals surface area contributed by atoms with Crippen molar-refractivity contribution in [3.8, 4) is 17.1 Å². The maximum atomic E-state index is 13.7. The fraction of sp³-hybridized carbons (Fsp3) is 0.421. The van der Waals surface area contributed by atoms with Crippen molar-refractivity contribution in [1.29, 1.82) is 0 Å². The van der Waals surface area contributed by atoms with Crippen molar-refractivity contribution in [3.05, 3.63) is 24.4 Å². The number of hydrogen-bond acceptors (Lipinski definition) is 6. The molecular formula is C19H19F2N5O4. The Morgan fingerprint density at radius 2 is 2.23 bits per heavy atom. The fourth-order valence-corrected chi connectivity index (χ4v) is 3.98. The summed E-state index contributed by atoms with van der Waals surface area (Å²) in [6.07, 6.45) is -2.68. The minimum Gasteiger partial charge on any atom is -0.491 e. The van der Waals surface area contributed by atoms with Crippen molar-refractivity contribution >= 4 is 23.5 Å². The number of rotatable bonds is 5. The Balaban J connectivity index is 1.51. The lowest BCUT2D eigenvalue weighted by Crippen LogP contribution is -2.43. The van der Waals surface area contributed by atoms with Gasteiger partial charge in [0.1, 0.15) is 30.3 Å². The number of carbonyl (C=O) groups is 2. The van der Waals surface area contributed by atoms with Crippen molar-refractivity contribution < 1.29 is 27.8 Å². The first kappa shape index (κ1) is 18.6. The molecule has 11 heteroatoms. The lowest BCUT2D eigenvalue weighted by atomic mass is 10.1. The standard InChI is InChI=1S/C19H19F2N5O4/c1-9(15(22)27)23-10-2-3-11-12(6-10)29-5-4-25-8-14(24-16(11)25)26-18(28)30-13-7-19(13,26)17(20)21/h2-3,6,8-9,13,17,23H,4-5,7H2,1H3,(H2,22,27)/t9-,13?,19?/m0/s1. The number of nitrogens with zero attached hydrogens (tertiary/aromatic N) is 3. The number of alkyl halides is 2. The molecule has 5 rings (SSSR count). The van der Waals surface area contributed by atoms with Gasteiger partial charge < -0.3 is 25.1 Å². The van der Waals surface area contributed by atoms with Gasteiger partial charge in [-0.15, -0.1) is 0 Å². The number of fused-ring (bicyclic) bond motifs is 4. The molecule has 1 saturated carbocycles. The first-order chi connectivity index (χ1) is 14.3. The highest BCUT2D eigenvalue weighted by Crippen LogP contribution is 2.55. The summed E-state index contributed by atoms with van der Waals surface area (Å²) in [5.74, 6) is 0.653. The molecule has 0 radical (unpaired) electrons. The Morgan fingerprint density at radius 3 is 2.97 bits per heavy atom. The number of benzene rings is 1. The van der Waals surface area contributed by atoms with Crippen molar-refractivity contribution in [2.75, 3.05) is 16.8 Å². The summed E-state index contributed by atoms with van der Waals surface area (Å²) in [6.45, 7) is 2.39. The van der Waals surface area contributed by atoms with Crippen LogP contribution >= 0.6 is 0 Å². The summed E-state index contributed by atoms with van der Waals surface area (Å²) in [5, 5.41) is 2.99. The Kier molecular flexibility index (Phi) is 3.92. The van der Waals surface area contributed by atoms with Gasteiger partial charge in [-0.25, -0.2) is 23.5 Å². The summed E-state index contributed by atoms with van der Waals surface area (Å²) >= 11 is 0. The van der Waals surface area contributed by atoms with Crippen LogP contribution in [-0.2, 0) is 16.1 Å². The number of nitrogens with one attached hydrogen (secondary N) is 1. The molecular weight excluding hydrogens is 400 g/mol. The van der Waals surface area contributed by atoms with E-state index in [1.807, 2.05) is 0 Å². The van der Waals surface area contributed by atoms with E-state index >= 15 is 0 Å². The average molecular weight is 419 g/mol. The number of imidazole rings is 1. The summed E-state index contributed by atoms with van der Waals surface area (Å²) in [4.78, 5) is 29.0. The van der Waals surface area contributed by atoms with Crippen LogP contribution in [0.25, 0.3) is 11.4 Å². The van der Waals surface area contributed by atoms with Gasteiger partial charge in [0.2, 0.25) is 5.91 Å². The molecule has 9 nitrogen and oxygen atoms in total. The largest absolute Gasteiger partial charge is 0.491 e. The highest BCUT2D eigenvalue weighted by Gasteiger charge is 2.74. The number of halogens is 2. The summed E-state index contributed by atoms with van der Waals surface area (Å²) < 4.78 is 40.0. The molecule has 0 spiro atoms. The summed E-state index contributed by atoms with van der Waals surface area (Å²) in [6, 6.07) is 4.65. The molecule has 3 heterocycles. The molecule has 2 unspecified atom stereocenters. The maximum absolute atomic E-state index is 13.7. The summed E-state index contributed by atoms with van der Waals surface area (Å²) in [7, 11) is 0. The smallest absolute Gasteiger partial charge is 0.416 e. The molecule has 158 valence electrons. The van der Waals surface area contributed by atoms with Crippen molar-refractivity contribution in [1.82, 2.24) is 9.55 Å². The molecule has 2 amide bonds. The van der Waals surface area contributed by atoms with E-state index in [1.165, 1.54) is 0 Å². The molecule has 2 fully saturated rings. The molecule has 3 N–H and O–H groups in total. The Hall–Kier alpha value is -3.37. The van der Waals surface area contributed by atoms with Gasteiger partial charge in [-0.1, -0.05) is 0 Å². The predicted octanol–water partition coefficient (Wildman–Crippen LogP) is 1.96. The van der Waals surface area contributed by atoms with E-state index in [1.54, 1.807) is 35.9 Å². The topological polar surface area (TPSA) is 112 Å². The average Bonchev–Trinajstić information content (AvgIpc) is 3.18. The minimum atomic E-state index is -2.73. The van der Waals surface area contributed by atoms with Crippen molar-refractivity contribution in [2.45, 2.75) is 44.0 Å². The number of aromatic nitrogens is 2. The number of nitrogens with two attached hydrogens (primary N) is 1. The van der Waals surface area contributed by atoms with Crippen LogP contribution in [0.1, 0.15) is 13.3 Å². The molecule has 1 aromatic heterocycles. The zero-order valence-corrected chi connectivity index (χ0v) is 16.0. The Labute approximate surface area is 169 Å². The molecule has 2 aliphatic heterocycles. The fourth-order valence-electron chi connectivity index (χ4n) is 3.98. The third-order valence-corrected chi connectivity index (χ3v) is 5.74. The first-order valence-corrected chi connectivity index (χ1v) is 9.50. The molecule has 3 aliphatic rings. The third kappa shape index (κ3) is 2.61. The van der Waals surface area contributed by atoms with Crippen LogP contribution in [-0.4, -0.2) is 52.3 Å². The lowest BCUT2D eigenvalue weighted by molar-refractivity contribution is -0.118. The monoisotopic (exact) mass is 419 g/mol.